The number of aromatic nitrogens is 3. The van der Waals surface area contributed by atoms with E-state index in [2.05, 4.69) is 9.97 Å². The van der Waals surface area contributed by atoms with Crippen LogP contribution in [0.2, 0.25) is 5.02 Å². The smallest absolute Gasteiger partial charge is 0.274 e. The molecule has 0 saturated carbocycles. The van der Waals surface area contributed by atoms with Gasteiger partial charge < -0.3 is 4.90 Å². The van der Waals surface area contributed by atoms with Gasteiger partial charge in [-0.15, -0.1) is 11.3 Å². The molecule has 1 aliphatic heterocycles. The third-order valence-corrected chi connectivity index (χ3v) is 5.35. The van der Waals surface area contributed by atoms with Crippen molar-refractivity contribution in [2.75, 3.05) is 6.54 Å². The molecule has 1 aromatic carbocycles. The summed E-state index contributed by atoms with van der Waals surface area (Å²) in [5, 5.41) is 1.59. The van der Waals surface area contributed by atoms with Crippen LogP contribution in [0.25, 0.3) is 10.6 Å². The second-order valence-corrected chi connectivity index (χ2v) is 6.93. The van der Waals surface area contributed by atoms with Gasteiger partial charge in [-0.2, -0.15) is 0 Å². The summed E-state index contributed by atoms with van der Waals surface area (Å²) >= 11 is 7.86. The zero-order valence-corrected chi connectivity index (χ0v) is 14.2. The molecule has 4 rings (SSSR count). The van der Waals surface area contributed by atoms with Crippen LogP contribution in [0.1, 0.15) is 21.1 Å². The van der Waals surface area contributed by atoms with Gasteiger partial charge in [0.15, 0.2) is 0 Å². The lowest BCUT2D eigenvalue weighted by Gasteiger charge is -2.25. The van der Waals surface area contributed by atoms with Crippen LogP contribution >= 0.6 is 22.9 Å². The van der Waals surface area contributed by atoms with Crippen LogP contribution in [-0.4, -0.2) is 32.3 Å². The Kier molecular flexibility index (Phi) is 4.00. The molecule has 0 aliphatic carbocycles. The second kappa shape index (κ2) is 6.30. The first-order chi connectivity index (χ1) is 11.7. The highest BCUT2D eigenvalue weighted by Crippen LogP contribution is 2.35. The number of amides is 1. The Balaban J connectivity index is 1.60. The minimum Gasteiger partial charge on any atom is -0.332 e. The predicted molar refractivity (Wildman–Crippen MR) is 93.0 cm³/mol. The number of carbonyl (C=O) groups excluding carboxylic acids is 1. The lowest BCUT2D eigenvalue weighted by molar-refractivity contribution is 0.0729. The number of nitrogens with zero attached hydrogens (tertiary/aromatic N) is 4. The molecule has 120 valence electrons. The first-order valence-electron chi connectivity index (χ1n) is 7.51. The number of rotatable bonds is 2. The summed E-state index contributed by atoms with van der Waals surface area (Å²) in [6.07, 6.45) is 5.33. The van der Waals surface area contributed by atoms with Crippen molar-refractivity contribution >= 4 is 28.8 Å². The quantitative estimate of drug-likeness (QED) is 0.705. The fourth-order valence-electron chi connectivity index (χ4n) is 2.69. The van der Waals surface area contributed by atoms with Crippen molar-refractivity contribution in [3.63, 3.8) is 0 Å². The molecule has 5 nitrogen and oxygen atoms in total. The summed E-state index contributed by atoms with van der Waals surface area (Å²) in [4.78, 5) is 28.2. The van der Waals surface area contributed by atoms with Gasteiger partial charge >= 0.3 is 0 Å². The Morgan fingerprint density at radius 1 is 1.25 bits per heavy atom. The van der Waals surface area contributed by atoms with E-state index in [1.54, 1.807) is 22.4 Å². The van der Waals surface area contributed by atoms with Crippen LogP contribution in [0.5, 0.6) is 0 Å². The maximum atomic E-state index is 12.5. The molecule has 3 heterocycles. The Morgan fingerprint density at radius 2 is 2.12 bits per heavy atom. The summed E-state index contributed by atoms with van der Waals surface area (Å²) in [6.45, 7) is 1.18. The van der Waals surface area contributed by atoms with Crippen molar-refractivity contribution in [1.82, 2.24) is 19.9 Å². The van der Waals surface area contributed by atoms with E-state index in [0.717, 1.165) is 27.6 Å². The number of hydrogen-bond donors (Lipinski definition) is 0. The monoisotopic (exact) mass is 356 g/mol. The lowest BCUT2D eigenvalue weighted by Crippen LogP contribution is -2.36. The predicted octanol–water partition coefficient (Wildman–Crippen LogP) is 3.45. The average molecular weight is 357 g/mol. The van der Waals surface area contributed by atoms with Gasteiger partial charge in [-0.25, -0.2) is 9.97 Å². The number of benzene rings is 1. The van der Waals surface area contributed by atoms with Gasteiger partial charge in [0.05, 0.1) is 23.5 Å². The van der Waals surface area contributed by atoms with E-state index >= 15 is 0 Å². The Labute approximate surface area is 148 Å². The molecule has 1 amide bonds. The van der Waals surface area contributed by atoms with Crippen molar-refractivity contribution in [2.45, 2.75) is 13.0 Å². The highest BCUT2D eigenvalue weighted by molar-refractivity contribution is 7.15. The van der Waals surface area contributed by atoms with E-state index in [-0.39, 0.29) is 5.91 Å². The van der Waals surface area contributed by atoms with Gasteiger partial charge in [0.25, 0.3) is 5.91 Å². The number of fused-ring (bicyclic) bond motifs is 1. The van der Waals surface area contributed by atoms with E-state index in [9.17, 15) is 4.79 Å². The van der Waals surface area contributed by atoms with Crippen LogP contribution in [0, 0.1) is 0 Å². The van der Waals surface area contributed by atoms with E-state index in [1.807, 2.05) is 24.3 Å². The zero-order chi connectivity index (χ0) is 16.5. The molecule has 0 saturated heterocycles. The van der Waals surface area contributed by atoms with Crippen molar-refractivity contribution in [2.24, 2.45) is 0 Å². The molecular weight excluding hydrogens is 344 g/mol. The molecule has 24 heavy (non-hydrogen) atoms. The third-order valence-electron chi connectivity index (χ3n) is 3.91. The van der Waals surface area contributed by atoms with Crippen molar-refractivity contribution in [3.05, 3.63) is 64.1 Å². The van der Waals surface area contributed by atoms with E-state index in [0.29, 0.717) is 23.8 Å². The number of hydrogen-bond acceptors (Lipinski definition) is 5. The SMILES string of the molecule is O=C(c1cnccn1)N1CCc2nc(-c3ccccc3Cl)sc2C1. The van der Waals surface area contributed by atoms with Gasteiger partial charge in [-0.05, 0) is 6.07 Å². The highest BCUT2D eigenvalue weighted by atomic mass is 35.5. The molecule has 0 N–H and O–H groups in total. The third kappa shape index (κ3) is 2.79. The number of carbonyl (C=O) groups is 1. The molecule has 0 atom stereocenters. The van der Waals surface area contributed by atoms with Crippen molar-refractivity contribution in [3.8, 4) is 10.6 Å². The van der Waals surface area contributed by atoms with Gasteiger partial charge in [-0.3, -0.25) is 9.78 Å². The molecule has 0 bridgehead atoms. The molecule has 0 fully saturated rings. The average Bonchev–Trinajstić information content (AvgIpc) is 3.05. The molecule has 0 spiro atoms. The summed E-state index contributed by atoms with van der Waals surface area (Å²) in [6, 6.07) is 7.68. The minimum absolute atomic E-state index is 0.0959. The summed E-state index contributed by atoms with van der Waals surface area (Å²) < 4.78 is 0. The zero-order valence-electron chi connectivity index (χ0n) is 12.6. The van der Waals surface area contributed by atoms with Crippen LogP contribution in [0.15, 0.2) is 42.9 Å². The van der Waals surface area contributed by atoms with Gasteiger partial charge in [0.1, 0.15) is 10.7 Å². The molecule has 0 radical (unpaired) electrons. The Morgan fingerprint density at radius 3 is 2.92 bits per heavy atom. The van der Waals surface area contributed by atoms with Crippen LogP contribution < -0.4 is 0 Å². The fraction of sp³-hybridized carbons (Fsp3) is 0.176. The van der Waals surface area contributed by atoms with Crippen LogP contribution in [0.3, 0.4) is 0 Å². The highest BCUT2D eigenvalue weighted by Gasteiger charge is 2.26. The number of thiazole rings is 1. The van der Waals surface area contributed by atoms with Crippen LogP contribution in [-0.2, 0) is 13.0 Å². The summed E-state index contributed by atoms with van der Waals surface area (Å²) in [7, 11) is 0. The molecule has 0 unspecified atom stereocenters. The largest absolute Gasteiger partial charge is 0.332 e. The van der Waals surface area contributed by atoms with Gasteiger partial charge in [0.2, 0.25) is 0 Å². The first-order valence-corrected chi connectivity index (χ1v) is 8.70. The maximum Gasteiger partial charge on any atom is 0.274 e. The van der Waals surface area contributed by atoms with Gasteiger partial charge in [0, 0.05) is 35.8 Å². The Hall–Kier alpha value is -2.31. The van der Waals surface area contributed by atoms with Crippen molar-refractivity contribution in [1.29, 1.82) is 0 Å². The molecule has 3 aromatic rings. The first kappa shape index (κ1) is 15.2. The minimum atomic E-state index is -0.0959. The van der Waals surface area contributed by atoms with E-state index in [4.69, 9.17) is 16.6 Å². The maximum absolute atomic E-state index is 12.5. The molecule has 7 heteroatoms. The number of halogens is 1. The normalized spacial score (nSPS) is 13.6. The standard InChI is InChI=1S/C17H13ClN4OS/c18-12-4-2-1-3-11(12)16-21-13-5-8-22(10-15(13)24-16)17(23)14-9-19-6-7-20-14/h1-4,6-7,9H,5,8,10H2. The van der Waals surface area contributed by atoms with E-state index in [1.165, 1.54) is 12.4 Å². The summed E-state index contributed by atoms with van der Waals surface area (Å²) in [5.41, 5.74) is 2.36. The Bertz CT molecular complexity index is 897. The molecule has 1 aliphatic rings. The summed E-state index contributed by atoms with van der Waals surface area (Å²) in [5.74, 6) is -0.0959. The molecule has 2 aromatic heterocycles. The topological polar surface area (TPSA) is 59.0 Å². The van der Waals surface area contributed by atoms with Crippen LogP contribution in [0.4, 0.5) is 0 Å². The molecular formula is C17H13ClN4OS. The van der Waals surface area contributed by atoms with E-state index < -0.39 is 0 Å². The second-order valence-electron chi connectivity index (χ2n) is 5.44. The van der Waals surface area contributed by atoms with Gasteiger partial charge in [-0.1, -0.05) is 29.8 Å². The fourth-order valence-corrected chi connectivity index (χ4v) is 4.13. The van der Waals surface area contributed by atoms with Crippen molar-refractivity contribution < 1.29 is 4.79 Å². The lowest BCUT2D eigenvalue weighted by atomic mass is 10.1.